The number of hydrazine groups is 1. The van der Waals surface area contributed by atoms with Gasteiger partial charge in [0.05, 0.1) is 6.54 Å². The predicted octanol–water partition coefficient (Wildman–Crippen LogP) is 2.52. The summed E-state index contributed by atoms with van der Waals surface area (Å²) in [6, 6.07) is 10.6. The van der Waals surface area contributed by atoms with E-state index in [0.717, 1.165) is 19.3 Å². The molecule has 1 aliphatic heterocycles. The molecular formula is C15H20N2O2. The normalized spacial score (nSPS) is 16.2. The van der Waals surface area contributed by atoms with Gasteiger partial charge in [-0.2, -0.15) is 0 Å². The summed E-state index contributed by atoms with van der Waals surface area (Å²) in [6.07, 6.45) is 4.36. The molecule has 1 N–H and O–H groups in total. The number of carbonyl (C=O) groups is 1. The van der Waals surface area contributed by atoms with Crippen molar-refractivity contribution >= 4 is 6.09 Å². The van der Waals surface area contributed by atoms with Crippen LogP contribution < -0.4 is 5.43 Å². The molecule has 0 aromatic heterocycles. The van der Waals surface area contributed by atoms with Crippen molar-refractivity contribution in [2.45, 2.75) is 25.3 Å². The van der Waals surface area contributed by atoms with Gasteiger partial charge in [-0.25, -0.2) is 15.2 Å². The minimum atomic E-state index is -0.284. The van der Waals surface area contributed by atoms with E-state index in [0.29, 0.717) is 13.2 Å². The van der Waals surface area contributed by atoms with Crippen molar-refractivity contribution in [1.29, 1.82) is 0 Å². The molecule has 1 heterocycles. The van der Waals surface area contributed by atoms with Gasteiger partial charge in [-0.15, -0.1) is 6.58 Å². The Morgan fingerprint density at radius 1 is 1.42 bits per heavy atom. The molecule has 0 spiro atoms. The molecule has 4 nitrogen and oxygen atoms in total. The van der Waals surface area contributed by atoms with Crippen LogP contribution >= 0.6 is 0 Å². The molecule has 1 fully saturated rings. The summed E-state index contributed by atoms with van der Waals surface area (Å²) in [6.45, 7) is 4.85. The van der Waals surface area contributed by atoms with E-state index in [9.17, 15) is 4.79 Å². The van der Waals surface area contributed by atoms with Crippen molar-refractivity contribution in [3.05, 3.63) is 48.6 Å². The van der Waals surface area contributed by atoms with Crippen LogP contribution in [0, 0.1) is 0 Å². The van der Waals surface area contributed by atoms with Crippen LogP contribution in [0.15, 0.2) is 43.0 Å². The van der Waals surface area contributed by atoms with Gasteiger partial charge in [-0.3, -0.25) is 0 Å². The fraction of sp³-hybridized carbons (Fsp3) is 0.400. The topological polar surface area (TPSA) is 41.6 Å². The molecule has 4 heteroatoms. The van der Waals surface area contributed by atoms with Crippen LogP contribution in [0.3, 0.4) is 0 Å². The maximum absolute atomic E-state index is 11.4. The molecule has 1 aromatic rings. The van der Waals surface area contributed by atoms with Crippen molar-refractivity contribution in [2.24, 2.45) is 0 Å². The first-order valence-electron chi connectivity index (χ1n) is 6.65. The SMILES string of the molecule is C=CC[C@@H](CCc1ccccc1)NN1CCOC1=O. The predicted molar refractivity (Wildman–Crippen MR) is 74.6 cm³/mol. The molecule has 102 valence electrons. The largest absolute Gasteiger partial charge is 0.447 e. The molecule has 0 bridgehead atoms. The van der Waals surface area contributed by atoms with E-state index in [2.05, 4.69) is 24.1 Å². The average molecular weight is 260 g/mol. The van der Waals surface area contributed by atoms with Gasteiger partial charge in [0, 0.05) is 6.04 Å². The Bertz CT molecular complexity index is 419. The molecule has 1 aliphatic rings. The third-order valence-electron chi connectivity index (χ3n) is 3.17. The Morgan fingerprint density at radius 3 is 2.84 bits per heavy atom. The molecule has 0 radical (unpaired) electrons. The van der Waals surface area contributed by atoms with E-state index >= 15 is 0 Å². The summed E-state index contributed by atoms with van der Waals surface area (Å²) in [5.74, 6) is 0. The summed E-state index contributed by atoms with van der Waals surface area (Å²) >= 11 is 0. The molecule has 19 heavy (non-hydrogen) atoms. The highest BCUT2D eigenvalue weighted by Crippen LogP contribution is 2.10. The maximum atomic E-state index is 11.4. The van der Waals surface area contributed by atoms with E-state index in [-0.39, 0.29) is 12.1 Å². The number of cyclic esters (lactones) is 1. The lowest BCUT2D eigenvalue weighted by Crippen LogP contribution is -2.45. The maximum Gasteiger partial charge on any atom is 0.424 e. The highest BCUT2D eigenvalue weighted by Gasteiger charge is 2.24. The van der Waals surface area contributed by atoms with Crippen molar-refractivity contribution in [2.75, 3.05) is 13.2 Å². The van der Waals surface area contributed by atoms with Crippen LogP contribution in [0.25, 0.3) is 0 Å². The van der Waals surface area contributed by atoms with E-state index in [1.54, 1.807) is 5.01 Å². The fourth-order valence-electron chi connectivity index (χ4n) is 2.15. The molecule has 0 aliphatic carbocycles. The van der Waals surface area contributed by atoms with Gasteiger partial charge in [-0.05, 0) is 24.8 Å². The van der Waals surface area contributed by atoms with E-state index in [1.807, 2.05) is 24.3 Å². The highest BCUT2D eigenvalue weighted by atomic mass is 16.6. The molecule has 1 atom stereocenters. The van der Waals surface area contributed by atoms with E-state index < -0.39 is 0 Å². The monoisotopic (exact) mass is 260 g/mol. The first-order chi connectivity index (χ1) is 9.29. The molecule has 1 saturated heterocycles. The third-order valence-corrected chi connectivity index (χ3v) is 3.17. The fourth-order valence-corrected chi connectivity index (χ4v) is 2.15. The minimum Gasteiger partial charge on any atom is -0.447 e. The number of nitrogens with zero attached hydrogens (tertiary/aromatic N) is 1. The van der Waals surface area contributed by atoms with Gasteiger partial charge in [-0.1, -0.05) is 36.4 Å². The number of ether oxygens (including phenoxy) is 1. The van der Waals surface area contributed by atoms with Gasteiger partial charge in [0.1, 0.15) is 6.61 Å². The number of aryl methyl sites for hydroxylation is 1. The van der Waals surface area contributed by atoms with Crippen LogP contribution in [-0.2, 0) is 11.2 Å². The smallest absolute Gasteiger partial charge is 0.424 e. The molecule has 2 rings (SSSR count). The Hall–Kier alpha value is -1.81. The lowest BCUT2D eigenvalue weighted by Gasteiger charge is -2.22. The second kappa shape index (κ2) is 6.95. The van der Waals surface area contributed by atoms with Crippen LogP contribution in [0.5, 0.6) is 0 Å². The number of hydrogen-bond donors (Lipinski definition) is 1. The Morgan fingerprint density at radius 2 is 2.21 bits per heavy atom. The lowest BCUT2D eigenvalue weighted by atomic mass is 10.0. The van der Waals surface area contributed by atoms with E-state index in [4.69, 9.17) is 4.74 Å². The number of hydrogen-bond acceptors (Lipinski definition) is 3. The van der Waals surface area contributed by atoms with Crippen molar-refractivity contribution in [3.8, 4) is 0 Å². The minimum absolute atomic E-state index is 0.211. The first kappa shape index (κ1) is 13.6. The van der Waals surface area contributed by atoms with Crippen LogP contribution in [0.2, 0.25) is 0 Å². The molecule has 1 aromatic carbocycles. The zero-order chi connectivity index (χ0) is 13.5. The quantitative estimate of drug-likeness (QED) is 0.766. The summed E-state index contributed by atoms with van der Waals surface area (Å²) < 4.78 is 4.91. The number of amides is 1. The third kappa shape index (κ3) is 4.10. The van der Waals surface area contributed by atoms with Gasteiger partial charge in [0.15, 0.2) is 0 Å². The highest BCUT2D eigenvalue weighted by molar-refractivity contribution is 5.68. The first-order valence-corrected chi connectivity index (χ1v) is 6.65. The zero-order valence-corrected chi connectivity index (χ0v) is 11.0. The van der Waals surface area contributed by atoms with Gasteiger partial charge < -0.3 is 4.74 Å². The molecule has 0 saturated carbocycles. The number of benzene rings is 1. The Balaban J connectivity index is 1.85. The summed E-state index contributed by atoms with van der Waals surface area (Å²) in [5, 5.41) is 1.55. The zero-order valence-electron chi connectivity index (χ0n) is 11.0. The van der Waals surface area contributed by atoms with E-state index in [1.165, 1.54) is 5.56 Å². The van der Waals surface area contributed by atoms with Crippen molar-refractivity contribution < 1.29 is 9.53 Å². The van der Waals surface area contributed by atoms with Gasteiger partial charge in [0.25, 0.3) is 0 Å². The van der Waals surface area contributed by atoms with Gasteiger partial charge >= 0.3 is 6.09 Å². The second-order valence-electron chi connectivity index (χ2n) is 4.64. The molecular weight excluding hydrogens is 240 g/mol. The average Bonchev–Trinajstić information content (AvgIpc) is 2.83. The summed E-state index contributed by atoms with van der Waals surface area (Å²) in [4.78, 5) is 11.4. The number of carbonyl (C=O) groups excluding carboxylic acids is 1. The summed E-state index contributed by atoms with van der Waals surface area (Å²) in [7, 11) is 0. The van der Waals surface area contributed by atoms with Crippen LogP contribution in [-0.4, -0.2) is 30.3 Å². The van der Waals surface area contributed by atoms with Crippen molar-refractivity contribution in [3.63, 3.8) is 0 Å². The number of nitrogens with one attached hydrogen (secondary N) is 1. The molecule has 0 unspecified atom stereocenters. The van der Waals surface area contributed by atoms with Crippen LogP contribution in [0.4, 0.5) is 4.79 Å². The Kier molecular flexibility index (Phi) is 4.98. The van der Waals surface area contributed by atoms with Crippen molar-refractivity contribution in [1.82, 2.24) is 10.4 Å². The standard InChI is InChI=1S/C15H20N2O2/c1-2-6-14(16-17-11-12-19-15(17)18)10-9-13-7-4-3-5-8-13/h2-5,7-8,14,16H,1,6,9-12H2/t14-/m0/s1. The lowest BCUT2D eigenvalue weighted by molar-refractivity contribution is 0.137. The number of rotatable bonds is 7. The van der Waals surface area contributed by atoms with Crippen LogP contribution in [0.1, 0.15) is 18.4 Å². The Labute approximate surface area is 114 Å². The second-order valence-corrected chi connectivity index (χ2v) is 4.64. The molecule has 1 amide bonds. The van der Waals surface area contributed by atoms with Gasteiger partial charge in [0.2, 0.25) is 0 Å². The summed E-state index contributed by atoms with van der Waals surface area (Å²) in [5.41, 5.74) is 4.53.